The number of hydrogen-bond acceptors (Lipinski definition) is 13. The van der Waals surface area contributed by atoms with Gasteiger partial charge in [0.25, 0.3) is 0 Å². The Bertz CT molecular complexity index is 1470. The molecule has 0 unspecified atom stereocenters. The number of benzene rings is 3. The summed E-state index contributed by atoms with van der Waals surface area (Å²) in [7, 11) is 0. The number of para-hydroxylation sites is 1. The van der Waals surface area contributed by atoms with Gasteiger partial charge in [0.15, 0.2) is 0 Å². The van der Waals surface area contributed by atoms with Crippen LogP contribution in [0, 0.1) is 0 Å². The zero-order valence-electron chi connectivity index (χ0n) is 30.8. The number of nitrogens with one attached hydrogen (secondary N) is 1. The van der Waals surface area contributed by atoms with Crippen molar-refractivity contribution >= 4 is 23.3 Å². The molecule has 0 aromatic heterocycles. The van der Waals surface area contributed by atoms with Crippen molar-refractivity contribution in [1.82, 2.24) is 0 Å². The minimum atomic E-state index is -4.48. The molecule has 3 aromatic carbocycles. The number of rotatable bonds is 31. The Morgan fingerprint density at radius 3 is 1.31 bits per heavy atom. The standard InChI is InChI=1S/C39H50F3NO12/c40-39(41,42)33-9-6-10-34(31-33)43-36-12-5-4-11-35(36)38(45)55-30-28-53-26-24-51-22-20-49-18-16-47-14-13-46-15-17-48-19-21-50-23-25-52-27-29-54-37(44)32-7-2-1-3-8-32/h1-12,31,43H,13-30H2. The predicted molar refractivity (Wildman–Crippen MR) is 195 cm³/mol. The molecule has 16 heteroatoms. The first kappa shape index (κ1) is 45.3. The monoisotopic (exact) mass is 781 g/mol. The first-order valence-electron chi connectivity index (χ1n) is 17.9. The van der Waals surface area contributed by atoms with Crippen LogP contribution in [0.1, 0.15) is 26.3 Å². The number of hydrogen-bond donors (Lipinski definition) is 1. The van der Waals surface area contributed by atoms with Crippen molar-refractivity contribution in [2.45, 2.75) is 6.18 Å². The van der Waals surface area contributed by atoms with Crippen molar-refractivity contribution in [1.29, 1.82) is 0 Å². The summed E-state index contributed by atoms with van der Waals surface area (Å²) < 4.78 is 93.1. The van der Waals surface area contributed by atoms with Gasteiger partial charge in [0, 0.05) is 5.69 Å². The minimum absolute atomic E-state index is 0.00779. The third-order valence-corrected chi connectivity index (χ3v) is 7.15. The van der Waals surface area contributed by atoms with Crippen LogP contribution in [-0.2, 0) is 53.5 Å². The lowest BCUT2D eigenvalue weighted by Gasteiger charge is -2.13. The average molecular weight is 782 g/mol. The van der Waals surface area contributed by atoms with Crippen molar-refractivity contribution in [3.05, 3.63) is 95.6 Å². The number of carbonyl (C=O) groups is 2. The van der Waals surface area contributed by atoms with Crippen molar-refractivity contribution in [2.75, 3.05) is 124 Å². The van der Waals surface area contributed by atoms with E-state index in [-0.39, 0.29) is 37.0 Å². The van der Waals surface area contributed by atoms with E-state index >= 15 is 0 Å². The fraction of sp³-hybridized carbons (Fsp3) is 0.487. The lowest BCUT2D eigenvalue weighted by molar-refractivity contribution is -0.137. The molecule has 0 bridgehead atoms. The molecule has 3 rings (SSSR count). The molecule has 0 heterocycles. The second-order valence-electron chi connectivity index (χ2n) is 11.3. The summed E-state index contributed by atoms with van der Waals surface area (Å²) in [5.41, 5.74) is 0.401. The normalized spacial score (nSPS) is 11.4. The van der Waals surface area contributed by atoms with E-state index in [0.29, 0.717) is 110 Å². The molecule has 0 saturated carbocycles. The fourth-order valence-electron chi connectivity index (χ4n) is 4.46. The lowest BCUT2D eigenvalue weighted by Crippen LogP contribution is -2.16. The average Bonchev–Trinajstić information content (AvgIpc) is 3.19. The van der Waals surface area contributed by atoms with Gasteiger partial charge in [-0.05, 0) is 42.5 Å². The highest BCUT2D eigenvalue weighted by Gasteiger charge is 2.30. The number of anilines is 2. The van der Waals surface area contributed by atoms with Crippen molar-refractivity contribution in [3.63, 3.8) is 0 Å². The van der Waals surface area contributed by atoms with Crippen LogP contribution in [0.15, 0.2) is 78.9 Å². The van der Waals surface area contributed by atoms with Gasteiger partial charge in [-0.3, -0.25) is 0 Å². The van der Waals surface area contributed by atoms with Crippen LogP contribution in [0.4, 0.5) is 24.5 Å². The summed E-state index contributed by atoms with van der Waals surface area (Å²) in [4.78, 5) is 24.4. The van der Waals surface area contributed by atoms with E-state index in [1.165, 1.54) is 18.2 Å². The SMILES string of the molecule is O=C(OCCOCCOCCOCCOCCOCCOCCOCCOCCOC(=O)c1ccccc1Nc1cccc(C(F)(F)F)c1)c1ccccc1. The third kappa shape index (κ3) is 20.9. The maximum atomic E-state index is 13.0. The van der Waals surface area contributed by atoms with E-state index in [1.54, 1.807) is 42.5 Å². The topological polar surface area (TPSA) is 138 Å². The van der Waals surface area contributed by atoms with Crippen molar-refractivity contribution < 1.29 is 70.1 Å². The molecule has 1 N–H and O–H groups in total. The molecule has 0 aliphatic rings. The highest BCUT2D eigenvalue weighted by Crippen LogP contribution is 2.32. The number of alkyl halides is 3. The Kier molecular flexibility index (Phi) is 23.3. The van der Waals surface area contributed by atoms with Gasteiger partial charge in [-0.15, -0.1) is 0 Å². The van der Waals surface area contributed by atoms with Crippen molar-refractivity contribution in [3.8, 4) is 0 Å². The van der Waals surface area contributed by atoms with Crippen LogP contribution in [0.5, 0.6) is 0 Å². The smallest absolute Gasteiger partial charge is 0.416 e. The molecule has 0 atom stereocenters. The molecule has 3 aromatic rings. The molecule has 0 amide bonds. The fourth-order valence-corrected chi connectivity index (χ4v) is 4.46. The summed E-state index contributed by atoms with van der Waals surface area (Å²) in [6, 6.07) is 19.9. The van der Waals surface area contributed by atoms with Crippen LogP contribution in [-0.4, -0.2) is 131 Å². The zero-order valence-corrected chi connectivity index (χ0v) is 30.8. The Balaban J connectivity index is 1.01. The molecule has 304 valence electrons. The number of halogens is 3. The summed E-state index contributed by atoms with van der Waals surface area (Å²) >= 11 is 0. The highest BCUT2D eigenvalue weighted by molar-refractivity contribution is 5.96. The van der Waals surface area contributed by atoms with Gasteiger partial charge >= 0.3 is 18.1 Å². The summed E-state index contributed by atoms with van der Waals surface area (Å²) in [6.45, 7) is 6.30. The molecule has 0 spiro atoms. The molecular formula is C39H50F3NO12. The van der Waals surface area contributed by atoms with Crippen LogP contribution in [0.25, 0.3) is 0 Å². The highest BCUT2D eigenvalue weighted by atomic mass is 19.4. The van der Waals surface area contributed by atoms with Gasteiger partial charge in [-0.1, -0.05) is 36.4 Å². The second-order valence-corrected chi connectivity index (χ2v) is 11.3. The Hall–Kier alpha value is -4.13. The van der Waals surface area contributed by atoms with Crippen LogP contribution >= 0.6 is 0 Å². The van der Waals surface area contributed by atoms with Crippen LogP contribution in [0.3, 0.4) is 0 Å². The second kappa shape index (κ2) is 28.3. The van der Waals surface area contributed by atoms with Gasteiger partial charge in [0.2, 0.25) is 0 Å². The van der Waals surface area contributed by atoms with E-state index in [2.05, 4.69) is 5.32 Å². The quantitative estimate of drug-likeness (QED) is 0.0642. The first-order valence-corrected chi connectivity index (χ1v) is 17.9. The Labute approximate surface area is 319 Å². The summed E-state index contributed by atoms with van der Waals surface area (Å²) in [5, 5.41) is 2.85. The molecule has 0 aliphatic heterocycles. The van der Waals surface area contributed by atoms with E-state index < -0.39 is 17.7 Å². The summed E-state index contributed by atoms with van der Waals surface area (Å²) in [6.07, 6.45) is -4.48. The van der Waals surface area contributed by atoms with E-state index in [4.69, 9.17) is 47.4 Å². The number of esters is 2. The molecule has 0 fully saturated rings. The Morgan fingerprint density at radius 1 is 0.455 bits per heavy atom. The lowest BCUT2D eigenvalue weighted by atomic mass is 10.1. The largest absolute Gasteiger partial charge is 0.460 e. The van der Waals surface area contributed by atoms with Gasteiger partial charge in [-0.2, -0.15) is 13.2 Å². The van der Waals surface area contributed by atoms with Crippen LogP contribution in [0.2, 0.25) is 0 Å². The molecule has 0 aliphatic carbocycles. The number of ether oxygens (including phenoxy) is 10. The molecular weight excluding hydrogens is 731 g/mol. The van der Waals surface area contributed by atoms with Crippen molar-refractivity contribution in [2.24, 2.45) is 0 Å². The maximum Gasteiger partial charge on any atom is 0.416 e. The number of carbonyl (C=O) groups excluding carboxylic acids is 2. The Morgan fingerprint density at radius 2 is 0.855 bits per heavy atom. The van der Waals surface area contributed by atoms with Gasteiger partial charge in [0.05, 0.1) is 128 Å². The molecule has 55 heavy (non-hydrogen) atoms. The first-order chi connectivity index (χ1) is 26.8. The minimum Gasteiger partial charge on any atom is -0.460 e. The molecule has 13 nitrogen and oxygen atoms in total. The summed E-state index contributed by atoms with van der Waals surface area (Å²) in [5.74, 6) is -1.01. The van der Waals surface area contributed by atoms with Gasteiger partial charge in [-0.25, -0.2) is 9.59 Å². The predicted octanol–water partition coefficient (Wildman–Crippen LogP) is 5.60. The van der Waals surface area contributed by atoms with Gasteiger partial charge < -0.3 is 52.7 Å². The van der Waals surface area contributed by atoms with E-state index in [1.807, 2.05) is 6.07 Å². The third-order valence-electron chi connectivity index (χ3n) is 7.15. The molecule has 0 saturated heterocycles. The van der Waals surface area contributed by atoms with E-state index in [0.717, 1.165) is 12.1 Å². The van der Waals surface area contributed by atoms with Gasteiger partial charge in [0.1, 0.15) is 13.2 Å². The van der Waals surface area contributed by atoms with E-state index in [9.17, 15) is 22.8 Å². The van der Waals surface area contributed by atoms with Crippen LogP contribution < -0.4 is 5.32 Å². The molecule has 0 radical (unpaired) electrons. The zero-order chi connectivity index (χ0) is 39.2. The maximum absolute atomic E-state index is 13.0.